The summed E-state index contributed by atoms with van der Waals surface area (Å²) >= 11 is 1.33. The minimum absolute atomic E-state index is 0.0820. The molecular formula is C23H25FN4O2S. The van der Waals surface area contributed by atoms with E-state index in [1.54, 1.807) is 12.1 Å². The van der Waals surface area contributed by atoms with E-state index in [1.807, 2.05) is 36.6 Å². The summed E-state index contributed by atoms with van der Waals surface area (Å²) in [5.41, 5.74) is 3.77. The van der Waals surface area contributed by atoms with Crippen molar-refractivity contribution in [3.05, 3.63) is 59.4 Å². The number of benzene rings is 2. The van der Waals surface area contributed by atoms with Gasteiger partial charge in [0.15, 0.2) is 11.0 Å². The number of anilines is 1. The average Bonchev–Trinajstić information content (AvgIpc) is 3.40. The van der Waals surface area contributed by atoms with Crippen molar-refractivity contribution in [2.75, 3.05) is 17.7 Å². The van der Waals surface area contributed by atoms with Gasteiger partial charge in [0.2, 0.25) is 5.91 Å². The summed E-state index contributed by atoms with van der Waals surface area (Å²) in [5, 5.41) is 12.2. The number of nitrogens with zero attached hydrogens (tertiary/aromatic N) is 3. The fourth-order valence-electron chi connectivity index (χ4n) is 3.63. The van der Waals surface area contributed by atoms with Crippen LogP contribution in [0.25, 0.3) is 11.4 Å². The quantitative estimate of drug-likeness (QED) is 0.544. The van der Waals surface area contributed by atoms with Gasteiger partial charge in [0.25, 0.3) is 0 Å². The van der Waals surface area contributed by atoms with Crippen molar-refractivity contribution in [3.8, 4) is 11.4 Å². The van der Waals surface area contributed by atoms with Gasteiger partial charge < -0.3 is 10.1 Å². The van der Waals surface area contributed by atoms with Crippen LogP contribution in [0, 0.1) is 19.7 Å². The van der Waals surface area contributed by atoms with E-state index < -0.39 is 0 Å². The van der Waals surface area contributed by atoms with Crippen LogP contribution in [0.15, 0.2) is 47.6 Å². The van der Waals surface area contributed by atoms with Gasteiger partial charge in [-0.05, 0) is 62.6 Å². The molecule has 1 unspecified atom stereocenters. The first-order valence-electron chi connectivity index (χ1n) is 10.3. The lowest BCUT2D eigenvalue weighted by molar-refractivity contribution is -0.113. The Balaban J connectivity index is 1.50. The van der Waals surface area contributed by atoms with Gasteiger partial charge in [-0.3, -0.25) is 9.36 Å². The molecule has 1 aliphatic rings. The fourth-order valence-corrected chi connectivity index (χ4v) is 4.38. The fraction of sp³-hybridized carbons (Fsp3) is 0.348. The summed E-state index contributed by atoms with van der Waals surface area (Å²) in [6.07, 6.45) is 2.08. The van der Waals surface area contributed by atoms with Crippen LogP contribution in [0.4, 0.5) is 10.1 Å². The molecule has 4 rings (SSSR count). The third-order valence-electron chi connectivity index (χ3n) is 5.22. The zero-order chi connectivity index (χ0) is 21.8. The minimum atomic E-state index is -0.299. The molecule has 162 valence electrons. The number of nitrogens with one attached hydrogen (secondary N) is 1. The third-order valence-corrected chi connectivity index (χ3v) is 6.18. The minimum Gasteiger partial charge on any atom is -0.376 e. The van der Waals surface area contributed by atoms with Crippen LogP contribution in [0.2, 0.25) is 0 Å². The molecule has 0 radical (unpaired) electrons. The summed E-state index contributed by atoms with van der Waals surface area (Å²) in [4.78, 5) is 12.5. The molecule has 0 spiro atoms. The van der Waals surface area contributed by atoms with Crippen molar-refractivity contribution in [2.45, 2.75) is 44.5 Å². The molecule has 1 aromatic heterocycles. The number of hydrogen-bond donors (Lipinski definition) is 1. The number of aromatic nitrogens is 3. The predicted octanol–water partition coefficient (Wildman–Crippen LogP) is 4.61. The number of hydrogen-bond acceptors (Lipinski definition) is 5. The maximum absolute atomic E-state index is 13.4. The Morgan fingerprint density at radius 2 is 2.03 bits per heavy atom. The number of amides is 1. The molecule has 0 saturated carbocycles. The van der Waals surface area contributed by atoms with Gasteiger partial charge in [0, 0.05) is 17.9 Å². The number of aryl methyl sites for hydroxylation is 2. The van der Waals surface area contributed by atoms with Crippen LogP contribution >= 0.6 is 11.8 Å². The smallest absolute Gasteiger partial charge is 0.234 e. The predicted molar refractivity (Wildman–Crippen MR) is 120 cm³/mol. The molecule has 2 aromatic carbocycles. The molecular weight excluding hydrogens is 415 g/mol. The highest BCUT2D eigenvalue weighted by Crippen LogP contribution is 2.27. The lowest BCUT2D eigenvalue weighted by Gasteiger charge is -2.15. The van der Waals surface area contributed by atoms with Crippen molar-refractivity contribution in [1.29, 1.82) is 0 Å². The van der Waals surface area contributed by atoms with Crippen molar-refractivity contribution < 1.29 is 13.9 Å². The van der Waals surface area contributed by atoms with Crippen LogP contribution in [-0.4, -0.2) is 39.1 Å². The molecule has 0 aliphatic carbocycles. The molecule has 3 aromatic rings. The SMILES string of the molecule is Cc1ccc(NC(=O)CSc2nnc(-c3ccc(F)cc3)n2CC2CCCO2)c(C)c1. The molecule has 0 bridgehead atoms. The lowest BCUT2D eigenvalue weighted by Crippen LogP contribution is -2.18. The molecule has 8 heteroatoms. The molecule has 1 amide bonds. The molecule has 1 aliphatic heterocycles. The van der Waals surface area contributed by atoms with E-state index in [-0.39, 0.29) is 23.6 Å². The van der Waals surface area contributed by atoms with Gasteiger partial charge in [-0.25, -0.2) is 4.39 Å². The van der Waals surface area contributed by atoms with Gasteiger partial charge in [-0.15, -0.1) is 10.2 Å². The van der Waals surface area contributed by atoms with Gasteiger partial charge >= 0.3 is 0 Å². The summed E-state index contributed by atoms with van der Waals surface area (Å²) in [7, 11) is 0. The standard InChI is InChI=1S/C23H25FN4O2S/c1-15-5-10-20(16(2)12-15)25-21(29)14-31-23-27-26-22(17-6-8-18(24)9-7-17)28(23)13-19-4-3-11-30-19/h5-10,12,19H,3-4,11,13-14H2,1-2H3,(H,25,29). The van der Waals surface area contributed by atoms with E-state index in [9.17, 15) is 9.18 Å². The van der Waals surface area contributed by atoms with Crippen LogP contribution in [0.3, 0.4) is 0 Å². The first kappa shape index (κ1) is 21.5. The average molecular weight is 441 g/mol. The highest BCUT2D eigenvalue weighted by Gasteiger charge is 2.22. The number of ether oxygens (including phenoxy) is 1. The Kier molecular flexibility index (Phi) is 6.67. The van der Waals surface area contributed by atoms with Gasteiger partial charge in [0.05, 0.1) is 18.4 Å². The van der Waals surface area contributed by atoms with Crippen LogP contribution in [0.5, 0.6) is 0 Å². The first-order valence-corrected chi connectivity index (χ1v) is 11.3. The number of thioether (sulfide) groups is 1. The number of halogens is 1. The third kappa shape index (κ3) is 5.32. The second-order valence-electron chi connectivity index (χ2n) is 7.71. The van der Waals surface area contributed by atoms with Crippen LogP contribution in [0.1, 0.15) is 24.0 Å². The van der Waals surface area contributed by atoms with E-state index in [2.05, 4.69) is 15.5 Å². The molecule has 31 heavy (non-hydrogen) atoms. The van der Waals surface area contributed by atoms with Crippen LogP contribution < -0.4 is 5.32 Å². The summed E-state index contributed by atoms with van der Waals surface area (Å²) < 4.78 is 21.1. The Hall–Kier alpha value is -2.71. The highest BCUT2D eigenvalue weighted by molar-refractivity contribution is 7.99. The lowest BCUT2D eigenvalue weighted by atomic mass is 10.1. The van der Waals surface area contributed by atoms with E-state index in [1.165, 1.54) is 23.9 Å². The van der Waals surface area contributed by atoms with E-state index >= 15 is 0 Å². The Morgan fingerprint density at radius 1 is 1.23 bits per heavy atom. The molecule has 1 atom stereocenters. The van der Waals surface area contributed by atoms with Crippen molar-refractivity contribution in [3.63, 3.8) is 0 Å². The maximum Gasteiger partial charge on any atom is 0.234 e. The zero-order valence-corrected chi connectivity index (χ0v) is 18.4. The highest BCUT2D eigenvalue weighted by atomic mass is 32.2. The number of carbonyl (C=O) groups is 1. The van der Waals surface area contributed by atoms with E-state index in [0.717, 1.165) is 41.8 Å². The molecule has 1 N–H and O–H groups in total. The van der Waals surface area contributed by atoms with E-state index in [0.29, 0.717) is 17.5 Å². The topological polar surface area (TPSA) is 69.0 Å². The summed E-state index contributed by atoms with van der Waals surface area (Å²) in [6.45, 7) is 5.34. The molecule has 2 heterocycles. The van der Waals surface area contributed by atoms with E-state index in [4.69, 9.17) is 4.74 Å². The second-order valence-corrected chi connectivity index (χ2v) is 8.66. The summed E-state index contributed by atoms with van der Waals surface area (Å²) in [6, 6.07) is 12.1. The van der Waals surface area contributed by atoms with Gasteiger partial charge in [-0.1, -0.05) is 29.5 Å². The maximum atomic E-state index is 13.4. The van der Waals surface area contributed by atoms with Crippen molar-refractivity contribution >= 4 is 23.4 Å². The molecule has 1 fully saturated rings. The van der Waals surface area contributed by atoms with Crippen molar-refractivity contribution in [1.82, 2.24) is 14.8 Å². The van der Waals surface area contributed by atoms with Gasteiger partial charge in [-0.2, -0.15) is 0 Å². The second kappa shape index (κ2) is 9.62. The zero-order valence-electron chi connectivity index (χ0n) is 17.6. The van der Waals surface area contributed by atoms with Crippen molar-refractivity contribution in [2.24, 2.45) is 0 Å². The molecule has 6 nitrogen and oxygen atoms in total. The molecule has 1 saturated heterocycles. The normalized spacial score (nSPS) is 15.9. The van der Waals surface area contributed by atoms with Crippen LogP contribution in [-0.2, 0) is 16.1 Å². The Bertz CT molecular complexity index is 1060. The Morgan fingerprint density at radius 3 is 2.74 bits per heavy atom. The van der Waals surface area contributed by atoms with Gasteiger partial charge in [0.1, 0.15) is 5.82 Å². The largest absolute Gasteiger partial charge is 0.376 e. The monoisotopic (exact) mass is 440 g/mol. The first-order chi connectivity index (χ1) is 15.0. The Labute approximate surface area is 185 Å². The summed E-state index contributed by atoms with van der Waals surface area (Å²) in [5.74, 6) is 0.451. The number of rotatable bonds is 7. The number of carbonyl (C=O) groups excluding carboxylic acids is 1.